The van der Waals surface area contributed by atoms with E-state index in [9.17, 15) is 0 Å². The van der Waals surface area contributed by atoms with Crippen molar-refractivity contribution in [1.82, 2.24) is 0 Å². The highest BCUT2D eigenvalue weighted by Gasteiger charge is 2.07. The number of hydrogen-bond acceptors (Lipinski definition) is 3. The zero-order chi connectivity index (χ0) is 19.2. The van der Waals surface area contributed by atoms with Crippen LogP contribution in [-0.4, -0.2) is 13.2 Å². The van der Waals surface area contributed by atoms with Gasteiger partial charge >= 0.3 is 0 Å². The molecule has 0 radical (unpaired) electrons. The predicted octanol–water partition coefficient (Wildman–Crippen LogP) is 6.50. The van der Waals surface area contributed by atoms with Gasteiger partial charge in [0.25, 0.3) is 0 Å². The predicted molar refractivity (Wildman–Crippen MR) is 116 cm³/mol. The van der Waals surface area contributed by atoms with Gasteiger partial charge in [0, 0.05) is 29.1 Å². The van der Waals surface area contributed by atoms with Crippen LogP contribution in [0.5, 0.6) is 5.75 Å². The summed E-state index contributed by atoms with van der Waals surface area (Å²) in [7, 11) is 1.93. The minimum absolute atomic E-state index is 0.170. The van der Waals surface area contributed by atoms with E-state index in [1.807, 2.05) is 57.3 Å². The zero-order valence-corrected chi connectivity index (χ0v) is 16.7. The van der Waals surface area contributed by atoms with Crippen LogP contribution in [0.1, 0.15) is 25.0 Å². The summed E-state index contributed by atoms with van der Waals surface area (Å²) in [5.41, 5.74) is 5.63. The third-order valence-electron chi connectivity index (χ3n) is 4.21. The van der Waals surface area contributed by atoms with Crippen LogP contribution in [0.2, 0.25) is 5.02 Å². The van der Waals surface area contributed by atoms with Gasteiger partial charge in [-0.05, 0) is 86.0 Å². The topological polar surface area (TPSA) is 33.3 Å². The quantitative estimate of drug-likeness (QED) is 0.490. The largest absolute Gasteiger partial charge is 0.491 e. The Hall–Kier alpha value is -2.65. The van der Waals surface area contributed by atoms with Gasteiger partial charge in [-0.2, -0.15) is 0 Å². The molecule has 0 heterocycles. The number of rotatable bonds is 7. The van der Waals surface area contributed by atoms with Gasteiger partial charge in [-0.15, -0.1) is 0 Å². The molecule has 27 heavy (non-hydrogen) atoms. The van der Waals surface area contributed by atoms with Gasteiger partial charge in [0.1, 0.15) is 5.75 Å². The standard InChI is InChI=1S/C23H25ClN2O/c1-16(2)27-22-11-8-20(9-12-22)26-23-13-10-21(25-3)15-18(23)14-17-4-6-19(24)7-5-17/h4-13,15-16,25-26H,14H2,1-3H3. The molecule has 0 unspecified atom stereocenters. The Kier molecular flexibility index (Phi) is 6.25. The van der Waals surface area contributed by atoms with E-state index in [0.717, 1.165) is 34.3 Å². The van der Waals surface area contributed by atoms with Crippen LogP contribution >= 0.6 is 11.6 Å². The monoisotopic (exact) mass is 380 g/mol. The summed E-state index contributed by atoms with van der Waals surface area (Å²) in [6.45, 7) is 4.05. The van der Waals surface area contributed by atoms with Crippen molar-refractivity contribution in [2.75, 3.05) is 17.7 Å². The highest BCUT2D eigenvalue weighted by molar-refractivity contribution is 6.30. The maximum atomic E-state index is 6.01. The third kappa shape index (κ3) is 5.41. The molecule has 0 bridgehead atoms. The Labute approximate surface area is 166 Å². The Bertz CT molecular complexity index is 874. The molecule has 3 aromatic rings. The van der Waals surface area contributed by atoms with Crippen molar-refractivity contribution >= 4 is 28.7 Å². The maximum absolute atomic E-state index is 6.01. The summed E-state index contributed by atoms with van der Waals surface area (Å²) in [6.07, 6.45) is 0.993. The second-order valence-corrected chi connectivity index (χ2v) is 7.18. The van der Waals surface area contributed by atoms with E-state index in [4.69, 9.17) is 16.3 Å². The van der Waals surface area contributed by atoms with Crippen molar-refractivity contribution in [1.29, 1.82) is 0 Å². The molecule has 0 spiro atoms. The number of anilines is 3. The summed E-state index contributed by atoms with van der Waals surface area (Å²) >= 11 is 6.01. The smallest absolute Gasteiger partial charge is 0.119 e. The van der Waals surface area contributed by atoms with E-state index in [1.165, 1.54) is 11.1 Å². The van der Waals surface area contributed by atoms with E-state index in [2.05, 4.69) is 41.0 Å². The molecular formula is C23H25ClN2O. The molecule has 3 nitrogen and oxygen atoms in total. The molecular weight excluding hydrogens is 356 g/mol. The normalized spacial score (nSPS) is 10.7. The summed E-state index contributed by atoms with van der Waals surface area (Å²) in [5.74, 6) is 0.877. The van der Waals surface area contributed by atoms with E-state index < -0.39 is 0 Å². The fraction of sp³-hybridized carbons (Fsp3) is 0.217. The first-order valence-electron chi connectivity index (χ1n) is 9.12. The molecule has 2 N–H and O–H groups in total. The first-order chi connectivity index (χ1) is 13.0. The van der Waals surface area contributed by atoms with Gasteiger partial charge in [0.2, 0.25) is 0 Å². The lowest BCUT2D eigenvalue weighted by atomic mass is 10.0. The van der Waals surface area contributed by atoms with Gasteiger partial charge in [0.15, 0.2) is 0 Å². The first kappa shape index (κ1) is 19.1. The van der Waals surface area contributed by atoms with E-state index in [0.29, 0.717) is 0 Å². The number of benzene rings is 3. The summed E-state index contributed by atoms with van der Waals surface area (Å²) in [5, 5.41) is 7.49. The van der Waals surface area contributed by atoms with Crippen molar-refractivity contribution in [3.05, 3.63) is 82.9 Å². The highest BCUT2D eigenvalue weighted by atomic mass is 35.5. The lowest BCUT2D eigenvalue weighted by Crippen LogP contribution is -2.05. The minimum atomic E-state index is 0.170. The van der Waals surface area contributed by atoms with Crippen molar-refractivity contribution in [3.63, 3.8) is 0 Å². The highest BCUT2D eigenvalue weighted by Crippen LogP contribution is 2.28. The molecule has 0 aliphatic heterocycles. The van der Waals surface area contributed by atoms with Crippen LogP contribution in [0.25, 0.3) is 0 Å². The van der Waals surface area contributed by atoms with Crippen molar-refractivity contribution < 1.29 is 4.74 Å². The molecule has 0 aliphatic carbocycles. The van der Waals surface area contributed by atoms with Crippen molar-refractivity contribution in [3.8, 4) is 5.75 Å². The fourth-order valence-corrected chi connectivity index (χ4v) is 3.01. The number of hydrogen-bond donors (Lipinski definition) is 2. The van der Waals surface area contributed by atoms with Crippen LogP contribution < -0.4 is 15.4 Å². The van der Waals surface area contributed by atoms with E-state index >= 15 is 0 Å². The van der Waals surface area contributed by atoms with Crippen molar-refractivity contribution in [2.45, 2.75) is 26.4 Å². The summed E-state index contributed by atoms with van der Waals surface area (Å²) in [4.78, 5) is 0. The second kappa shape index (κ2) is 8.83. The molecule has 0 aliphatic rings. The summed E-state index contributed by atoms with van der Waals surface area (Å²) < 4.78 is 5.72. The van der Waals surface area contributed by atoms with Crippen LogP contribution in [0.4, 0.5) is 17.1 Å². The van der Waals surface area contributed by atoms with Crippen LogP contribution in [0, 0.1) is 0 Å². The molecule has 0 saturated carbocycles. The molecule has 0 fully saturated rings. The average molecular weight is 381 g/mol. The van der Waals surface area contributed by atoms with Gasteiger partial charge in [0.05, 0.1) is 6.10 Å². The first-order valence-corrected chi connectivity index (χ1v) is 9.50. The molecule has 3 rings (SSSR count). The zero-order valence-electron chi connectivity index (χ0n) is 15.9. The molecule has 4 heteroatoms. The van der Waals surface area contributed by atoms with Crippen LogP contribution in [-0.2, 0) is 6.42 Å². The Morgan fingerprint density at radius 2 is 1.56 bits per heavy atom. The van der Waals surface area contributed by atoms with E-state index in [1.54, 1.807) is 0 Å². The molecule has 0 saturated heterocycles. The molecule has 0 aromatic heterocycles. The van der Waals surface area contributed by atoms with Gasteiger partial charge < -0.3 is 15.4 Å². The number of ether oxygens (including phenoxy) is 1. The third-order valence-corrected chi connectivity index (χ3v) is 4.46. The molecule has 140 valence electrons. The van der Waals surface area contributed by atoms with Gasteiger partial charge in [-0.1, -0.05) is 23.7 Å². The molecule has 3 aromatic carbocycles. The van der Waals surface area contributed by atoms with E-state index in [-0.39, 0.29) is 6.10 Å². The second-order valence-electron chi connectivity index (χ2n) is 6.74. The Morgan fingerprint density at radius 3 is 2.19 bits per heavy atom. The fourth-order valence-electron chi connectivity index (χ4n) is 2.88. The minimum Gasteiger partial charge on any atom is -0.491 e. The Balaban J connectivity index is 1.82. The molecule has 0 atom stereocenters. The number of nitrogens with one attached hydrogen (secondary N) is 2. The summed E-state index contributed by atoms with van der Waals surface area (Å²) in [6, 6.07) is 22.4. The van der Waals surface area contributed by atoms with Gasteiger partial charge in [-0.3, -0.25) is 0 Å². The molecule has 0 amide bonds. The van der Waals surface area contributed by atoms with Crippen LogP contribution in [0.15, 0.2) is 66.7 Å². The van der Waals surface area contributed by atoms with Crippen molar-refractivity contribution in [2.24, 2.45) is 0 Å². The SMILES string of the molecule is CNc1ccc(Nc2ccc(OC(C)C)cc2)c(Cc2ccc(Cl)cc2)c1. The van der Waals surface area contributed by atoms with Gasteiger partial charge in [-0.25, -0.2) is 0 Å². The lowest BCUT2D eigenvalue weighted by Gasteiger charge is -2.15. The number of halogens is 1. The van der Waals surface area contributed by atoms with Crippen LogP contribution in [0.3, 0.4) is 0 Å². The Morgan fingerprint density at radius 1 is 0.889 bits per heavy atom. The maximum Gasteiger partial charge on any atom is 0.119 e. The average Bonchev–Trinajstić information content (AvgIpc) is 2.66. The lowest BCUT2D eigenvalue weighted by molar-refractivity contribution is 0.242.